The first-order valence-electron chi connectivity index (χ1n) is 10.6. The molecule has 1 atom stereocenters. The highest BCUT2D eigenvalue weighted by atomic mass is 32.2. The van der Waals surface area contributed by atoms with Crippen LogP contribution in [0.15, 0.2) is 58.7 Å². The minimum atomic E-state index is -0.585. The Labute approximate surface area is 185 Å². The van der Waals surface area contributed by atoms with Gasteiger partial charge in [-0.25, -0.2) is 4.90 Å². The average molecular weight is 437 g/mol. The average Bonchev–Trinajstić information content (AvgIpc) is 2.78. The number of hydrogen-bond donors (Lipinski definition) is 1. The summed E-state index contributed by atoms with van der Waals surface area (Å²) < 4.78 is 1.67. The number of pyridine rings is 1. The summed E-state index contributed by atoms with van der Waals surface area (Å²) in [6, 6.07) is 11.2. The number of unbranched alkanes of at least 4 members (excludes halogenated alkanes) is 3. The number of fused-ring (bicyclic) bond motifs is 3. The quantitative estimate of drug-likeness (QED) is 0.347. The van der Waals surface area contributed by atoms with Crippen LogP contribution >= 0.6 is 11.8 Å². The van der Waals surface area contributed by atoms with Gasteiger partial charge in [-0.3, -0.25) is 19.6 Å². The molecule has 31 heavy (non-hydrogen) atoms. The Balaban J connectivity index is 1.83. The van der Waals surface area contributed by atoms with Gasteiger partial charge < -0.3 is 0 Å². The molecule has 1 aliphatic rings. The summed E-state index contributed by atoms with van der Waals surface area (Å²) in [6.07, 6.45) is 7.43. The van der Waals surface area contributed by atoms with Crippen LogP contribution in [-0.2, 0) is 4.79 Å². The van der Waals surface area contributed by atoms with Gasteiger partial charge in [-0.1, -0.05) is 50.1 Å². The molecule has 0 spiro atoms. The van der Waals surface area contributed by atoms with Crippen LogP contribution in [0.4, 0.5) is 5.69 Å². The van der Waals surface area contributed by atoms with Gasteiger partial charge >= 0.3 is 11.3 Å². The Morgan fingerprint density at radius 1 is 1.19 bits per heavy atom. The number of carbonyl (C=O) groups is 1. The molecule has 1 aromatic carbocycles. The summed E-state index contributed by atoms with van der Waals surface area (Å²) in [6.45, 7) is 3.71. The molecule has 0 radical (unpaired) electrons. The van der Waals surface area contributed by atoms with Crippen molar-refractivity contribution in [3.63, 3.8) is 0 Å². The van der Waals surface area contributed by atoms with E-state index in [0.29, 0.717) is 22.1 Å². The maximum atomic E-state index is 13.2. The van der Waals surface area contributed by atoms with Crippen molar-refractivity contribution in [2.75, 3.05) is 10.7 Å². The molecule has 1 N–H and O–H groups in total. The predicted octanol–water partition coefficient (Wildman–Crippen LogP) is 3.71. The van der Waals surface area contributed by atoms with Crippen molar-refractivity contribution in [2.24, 2.45) is 0 Å². The van der Waals surface area contributed by atoms with Gasteiger partial charge in [0.05, 0.1) is 16.8 Å². The van der Waals surface area contributed by atoms with Crippen LogP contribution in [0.5, 0.6) is 0 Å². The molecule has 4 rings (SSSR count). The first-order chi connectivity index (χ1) is 15.1. The van der Waals surface area contributed by atoms with Crippen LogP contribution in [0.2, 0.25) is 0 Å². The molecule has 0 saturated carbocycles. The third-order valence-electron chi connectivity index (χ3n) is 5.32. The van der Waals surface area contributed by atoms with Crippen molar-refractivity contribution in [1.82, 2.24) is 15.1 Å². The minimum Gasteiger partial charge on any atom is -0.291 e. The second kappa shape index (κ2) is 9.43. The molecule has 3 aromatic rings. The predicted molar refractivity (Wildman–Crippen MR) is 121 cm³/mol. The summed E-state index contributed by atoms with van der Waals surface area (Å²) >= 11 is 1.54. The van der Waals surface area contributed by atoms with Crippen LogP contribution in [0.3, 0.4) is 0 Å². The number of para-hydroxylation sites is 1. The summed E-state index contributed by atoms with van der Waals surface area (Å²) in [5.74, 6) is 0.752. The van der Waals surface area contributed by atoms with Crippen molar-refractivity contribution >= 4 is 23.4 Å². The lowest BCUT2D eigenvalue weighted by Crippen LogP contribution is -2.60. The highest BCUT2D eigenvalue weighted by Gasteiger charge is 2.44. The molecular weight excluding hydrogens is 410 g/mol. The van der Waals surface area contributed by atoms with E-state index in [0.717, 1.165) is 24.2 Å². The largest absolute Gasteiger partial charge is 0.325 e. The SMILES string of the molecule is CCCCCCSc1n[n+]2c(c(=O)[nH]1)-c1ccccc1N(C(C)=O)[C@@H]2c1cccnc1. The van der Waals surface area contributed by atoms with Gasteiger partial charge in [0.25, 0.3) is 6.17 Å². The number of anilines is 1. The molecule has 0 saturated heterocycles. The zero-order valence-electron chi connectivity index (χ0n) is 17.7. The number of aromatic nitrogens is 4. The van der Waals surface area contributed by atoms with Gasteiger partial charge in [0, 0.05) is 30.2 Å². The Bertz CT molecular complexity index is 1130. The van der Waals surface area contributed by atoms with Crippen LogP contribution < -0.4 is 15.1 Å². The van der Waals surface area contributed by atoms with Gasteiger partial charge in [0.1, 0.15) is 0 Å². The molecule has 8 heteroatoms. The molecule has 2 aromatic heterocycles. The lowest BCUT2D eigenvalue weighted by atomic mass is 10.0. The number of hydrogen-bond acceptors (Lipinski definition) is 5. The molecular formula is C23H26N5O2S+. The number of thioether (sulfide) groups is 1. The molecule has 0 fully saturated rings. The van der Waals surface area contributed by atoms with E-state index in [9.17, 15) is 9.59 Å². The monoisotopic (exact) mass is 436 g/mol. The second-order valence-electron chi connectivity index (χ2n) is 7.53. The number of amides is 1. The van der Waals surface area contributed by atoms with Crippen molar-refractivity contribution in [1.29, 1.82) is 0 Å². The summed E-state index contributed by atoms with van der Waals surface area (Å²) in [7, 11) is 0. The number of aromatic amines is 1. The Morgan fingerprint density at radius 2 is 2.03 bits per heavy atom. The molecule has 7 nitrogen and oxygen atoms in total. The molecule has 1 aliphatic heterocycles. The number of carbonyl (C=O) groups excluding carboxylic acids is 1. The second-order valence-corrected chi connectivity index (χ2v) is 8.61. The van der Waals surface area contributed by atoms with Gasteiger partial charge in [-0.05, 0) is 35.4 Å². The Hall–Kier alpha value is -3.00. The zero-order chi connectivity index (χ0) is 21.8. The topological polar surface area (TPSA) is 82.8 Å². The van der Waals surface area contributed by atoms with Crippen LogP contribution in [-0.4, -0.2) is 26.7 Å². The lowest BCUT2D eigenvalue weighted by molar-refractivity contribution is -0.763. The summed E-state index contributed by atoms with van der Waals surface area (Å²) in [5, 5.41) is 5.34. The molecule has 0 aliphatic carbocycles. The number of rotatable bonds is 7. The fraction of sp³-hybridized carbons (Fsp3) is 0.348. The molecule has 160 valence electrons. The van der Waals surface area contributed by atoms with E-state index >= 15 is 0 Å². The van der Waals surface area contributed by atoms with Gasteiger partial charge in [0.2, 0.25) is 11.1 Å². The first kappa shape index (κ1) is 21.2. The standard InChI is InChI=1S/C23H25N5O2S/c1-3-4-5-8-14-31-23-25-21(30)20-18-11-6-7-12-19(18)27(16(2)29)22(28(20)26-23)17-10-9-13-24-15-17/h6-7,9-13,15,22H,3-5,8,14H2,1-2H3/p+1/t22-/m0/s1. The number of nitrogens with one attached hydrogen (secondary N) is 1. The lowest BCUT2D eigenvalue weighted by Gasteiger charge is -2.31. The van der Waals surface area contributed by atoms with Gasteiger partial charge in [-0.15, -0.1) is 0 Å². The third-order valence-corrected chi connectivity index (χ3v) is 6.27. The van der Waals surface area contributed by atoms with E-state index in [2.05, 4.69) is 16.9 Å². The van der Waals surface area contributed by atoms with Crippen molar-refractivity contribution < 1.29 is 9.48 Å². The summed E-state index contributed by atoms with van der Waals surface area (Å²) in [5.41, 5.74) is 2.39. The van der Waals surface area contributed by atoms with Crippen LogP contribution in [0, 0.1) is 0 Å². The summed E-state index contributed by atoms with van der Waals surface area (Å²) in [4.78, 5) is 34.8. The maximum Gasteiger partial charge on any atom is 0.325 e. The van der Waals surface area contributed by atoms with E-state index in [-0.39, 0.29) is 11.5 Å². The Kier molecular flexibility index (Phi) is 6.46. The minimum absolute atomic E-state index is 0.129. The van der Waals surface area contributed by atoms with Gasteiger partial charge in [-0.2, -0.15) is 0 Å². The smallest absolute Gasteiger partial charge is 0.291 e. The van der Waals surface area contributed by atoms with E-state index in [1.54, 1.807) is 22.0 Å². The van der Waals surface area contributed by atoms with Crippen LogP contribution in [0.1, 0.15) is 51.3 Å². The molecule has 0 unspecified atom stereocenters. The number of H-pyrrole nitrogens is 1. The van der Waals surface area contributed by atoms with Crippen molar-refractivity contribution in [3.05, 3.63) is 64.7 Å². The highest BCUT2D eigenvalue weighted by molar-refractivity contribution is 7.99. The maximum absolute atomic E-state index is 13.2. The number of benzene rings is 1. The normalized spacial score (nSPS) is 14.8. The van der Waals surface area contributed by atoms with Gasteiger partial charge in [0.15, 0.2) is 0 Å². The highest BCUT2D eigenvalue weighted by Crippen LogP contribution is 2.36. The third kappa shape index (κ3) is 4.25. The van der Waals surface area contributed by atoms with Crippen LogP contribution in [0.25, 0.3) is 11.3 Å². The van der Waals surface area contributed by atoms with E-state index < -0.39 is 6.17 Å². The van der Waals surface area contributed by atoms with E-state index in [1.807, 2.05) is 36.4 Å². The van der Waals surface area contributed by atoms with Crippen molar-refractivity contribution in [2.45, 2.75) is 50.9 Å². The fourth-order valence-corrected chi connectivity index (χ4v) is 4.76. The molecule has 0 bridgehead atoms. The number of nitrogens with zero attached hydrogens (tertiary/aromatic N) is 4. The first-order valence-corrected chi connectivity index (χ1v) is 11.6. The molecule has 3 heterocycles. The zero-order valence-corrected chi connectivity index (χ0v) is 18.6. The molecule has 1 amide bonds. The van der Waals surface area contributed by atoms with E-state index in [4.69, 9.17) is 5.10 Å². The van der Waals surface area contributed by atoms with E-state index in [1.165, 1.54) is 31.5 Å². The van der Waals surface area contributed by atoms with Crippen molar-refractivity contribution in [3.8, 4) is 11.3 Å². The fourth-order valence-electron chi connectivity index (χ4n) is 3.90. The Morgan fingerprint density at radius 3 is 2.77 bits per heavy atom.